The number of hydrogen-bond donors (Lipinski definition) is 1. The van der Waals surface area contributed by atoms with E-state index < -0.39 is 0 Å². The van der Waals surface area contributed by atoms with E-state index in [0.717, 1.165) is 41.6 Å². The zero-order valence-electron chi connectivity index (χ0n) is 12.8. The first-order chi connectivity index (χ1) is 10.6. The molecule has 0 spiro atoms. The standard InChI is InChI=1S/C16H20N2O2S2/c1-10-15(22-11(2)17-10)16(19)18-14(13-4-3-9-21-13)12-5-7-20-8-6-12/h3-4,9,12,14H,5-8H2,1-2H3,(H,18,19)/t14-/m0/s1. The third-order valence-corrected chi connectivity index (χ3v) is 6.01. The molecule has 1 fully saturated rings. The summed E-state index contributed by atoms with van der Waals surface area (Å²) in [6, 6.07) is 4.22. The maximum Gasteiger partial charge on any atom is 0.263 e. The van der Waals surface area contributed by atoms with Crippen molar-refractivity contribution in [2.45, 2.75) is 32.7 Å². The van der Waals surface area contributed by atoms with E-state index in [-0.39, 0.29) is 11.9 Å². The second kappa shape index (κ2) is 6.89. The molecule has 1 amide bonds. The maximum atomic E-state index is 12.7. The number of nitrogens with zero attached hydrogens (tertiary/aromatic N) is 1. The van der Waals surface area contributed by atoms with Crippen LogP contribution in [0.15, 0.2) is 17.5 Å². The number of aryl methyl sites for hydroxylation is 2. The lowest BCUT2D eigenvalue weighted by molar-refractivity contribution is 0.0519. The second-order valence-corrected chi connectivity index (χ2v) is 7.75. The van der Waals surface area contributed by atoms with Gasteiger partial charge in [-0.1, -0.05) is 6.07 Å². The molecule has 2 aromatic heterocycles. The highest BCUT2D eigenvalue weighted by Gasteiger charge is 2.28. The summed E-state index contributed by atoms with van der Waals surface area (Å²) in [4.78, 5) is 19.0. The Labute approximate surface area is 138 Å². The van der Waals surface area contributed by atoms with Gasteiger partial charge in [-0.2, -0.15) is 0 Å². The minimum atomic E-state index is -0.00649. The van der Waals surface area contributed by atoms with Crippen molar-refractivity contribution in [2.75, 3.05) is 13.2 Å². The van der Waals surface area contributed by atoms with Gasteiger partial charge in [0.05, 0.1) is 16.7 Å². The van der Waals surface area contributed by atoms with Crippen LogP contribution >= 0.6 is 22.7 Å². The number of aromatic nitrogens is 1. The van der Waals surface area contributed by atoms with Crippen LogP contribution in [0.25, 0.3) is 0 Å². The lowest BCUT2D eigenvalue weighted by Crippen LogP contribution is -2.35. The van der Waals surface area contributed by atoms with Crippen LogP contribution in [0.4, 0.5) is 0 Å². The molecule has 22 heavy (non-hydrogen) atoms. The molecule has 1 N–H and O–H groups in total. The molecular weight excluding hydrogens is 316 g/mol. The molecule has 0 aromatic carbocycles. The molecule has 1 aliphatic rings. The molecule has 0 saturated carbocycles. The van der Waals surface area contributed by atoms with Crippen molar-refractivity contribution in [3.05, 3.63) is 38.0 Å². The average Bonchev–Trinajstić information content (AvgIpc) is 3.15. The minimum Gasteiger partial charge on any atom is -0.381 e. The van der Waals surface area contributed by atoms with Crippen LogP contribution in [-0.4, -0.2) is 24.1 Å². The molecule has 3 heterocycles. The summed E-state index contributed by atoms with van der Waals surface area (Å²) in [5, 5.41) is 6.24. The van der Waals surface area contributed by atoms with Crippen LogP contribution in [-0.2, 0) is 4.74 Å². The number of carbonyl (C=O) groups excluding carboxylic acids is 1. The van der Waals surface area contributed by atoms with Crippen LogP contribution in [0.1, 0.15) is 44.1 Å². The van der Waals surface area contributed by atoms with Gasteiger partial charge in [-0.3, -0.25) is 4.79 Å². The Kier molecular flexibility index (Phi) is 4.90. The molecule has 0 aliphatic carbocycles. The topological polar surface area (TPSA) is 51.2 Å². The van der Waals surface area contributed by atoms with Crippen molar-refractivity contribution >= 4 is 28.6 Å². The first-order valence-electron chi connectivity index (χ1n) is 7.51. The highest BCUT2D eigenvalue weighted by atomic mass is 32.1. The van der Waals surface area contributed by atoms with E-state index in [2.05, 4.69) is 21.7 Å². The highest BCUT2D eigenvalue weighted by Crippen LogP contribution is 2.33. The SMILES string of the molecule is Cc1nc(C)c(C(=O)N[C@H](c2cccs2)C2CCOCC2)s1. The van der Waals surface area contributed by atoms with Crippen molar-refractivity contribution in [2.24, 2.45) is 5.92 Å². The second-order valence-electron chi connectivity index (χ2n) is 5.56. The van der Waals surface area contributed by atoms with E-state index >= 15 is 0 Å². The Balaban J connectivity index is 1.80. The highest BCUT2D eigenvalue weighted by molar-refractivity contribution is 7.13. The van der Waals surface area contributed by atoms with Gasteiger partial charge in [0.2, 0.25) is 0 Å². The van der Waals surface area contributed by atoms with Gasteiger partial charge in [0.1, 0.15) is 4.88 Å². The predicted molar refractivity (Wildman–Crippen MR) is 89.7 cm³/mol. The average molecular weight is 336 g/mol. The fourth-order valence-electron chi connectivity index (χ4n) is 2.89. The van der Waals surface area contributed by atoms with Gasteiger partial charge in [0.15, 0.2) is 0 Å². The molecule has 2 aromatic rings. The summed E-state index contributed by atoms with van der Waals surface area (Å²) in [6.07, 6.45) is 1.98. The third-order valence-electron chi connectivity index (χ3n) is 3.98. The quantitative estimate of drug-likeness (QED) is 0.926. The van der Waals surface area contributed by atoms with E-state index in [0.29, 0.717) is 5.92 Å². The molecule has 3 rings (SSSR count). The number of nitrogens with one attached hydrogen (secondary N) is 1. The zero-order chi connectivity index (χ0) is 15.5. The third kappa shape index (κ3) is 3.39. The van der Waals surface area contributed by atoms with Gasteiger partial charge < -0.3 is 10.1 Å². The van der Waals surface area contributed by atoms with Crippen LogP contribution in [0.2, 0.25) is 0 Å². The first kappa shape index (κ1) is 15.6. The Morgan fingerprint density at radius 2 is 2.18 bits per heavy atom. The van der Waals surface area contributed by atoms with E-state index in [1.165, 1.54) is 16.2 Å². The number of thiophene rings is 1. The summed E-state index contributed by atoms with van der Waals surface area (Å²) in [6.45, 7) is 5.39. The van der Waals surface area contributed by atoms with E-state index in [1.54, 1.807) is 11.3 Å². The van der Waals surface area contributed by atoms with Gasteiger partial charge in [-0.25, -0.2) is 4.98 Å². The van der Waals surface area contributed by atoms with Crippen LogP contribution in [0.3, 0.4) is 0 Å². The fraction of sp³-hybridized carbons (Fsp3) is 0.500. The zero-order valence-corrected chi connectivity index (χ0v) is 14.4. The van der Waals surface area contributed by atoms with Gasteiger partial charge in [0.25, 0.3) is 5.91 Å². The minimum absolute atomic E-state index is 0.00649. The Hall–Kier alpha value is -1.24. The predicted octanol–water partition coefficient (Wildman–Crippen LogP) is 3.72. The Morgan fingerprint density at radius 1 is 1.41 bits per heavy atom. The van der Waals surface area contributed by atoms with E-state index in [9.17, 15) is 4.79 Å². The lowest BCUT2D eigenvalue weighted by Gasteiger charge is -2.30. The summed E-state index contributed by atoms with van der Waals surface area (Å²) in [7, 11) is 0. The van der Waals surface area contributed by atoms with Crippen LogP contribution in [0.5, 0.6) is 0 Å². The number of ether oxygens (including phenoxy) is 1. The molecule has 1 saturated heterocycles. The molecule has 0 bridgehead atoms. The van der Waals surface area contributed by atoms with Gasteiger partial charge in [0, 0.05) is 18.1 Å². The lowest BCUT2D eigenvalue weighted by atomic mass is 9.90. The summed E-state index contributed by atoms with van der Waals surface area (Å²) in [5.41, 5.74) is 0.817. The molecule has 1 atom stereocenters. The smallest absolute Gasteiger partial charge is 0.263 e. The van der Waals surface area contributed by atoms with Gasteiger partial charge in [-0.05, 0) is 44.1 Å². The van der Waals surface area contributed by atoms with E-state index in [1.807, 2.05) is 19.9 Å². The summed E-state index contributed by atoms with van der Waals surface area (Å²) >= 11 is 3.17. The van der Waals surface area contributed by atoms with Gasteiger partial charge in [-0.15, -0.1) is 22.7 Å². The molecule has 0 radical (unpaired) electrons. The number of amides is 1. The molecule has 1 aliphatic heterocycles. The monoisotopic (exact) mass is 336 g/mol. The van der Waals surface area contributed by atoms with Crippen molar-refractivity contribution in [1.29, 1.82) is 0 Å². The van der Waals surface area contributed by atoms with Crippen molar-refractivity contribution in [1.82, 2.24) is 10.3 Å². The largest absolute Gasteiger partial charge is 0.381 e. The molecule has 6 heteroatoms. The Bertz CT molecular complexity index is 631. The molecule has 0 unspecified atom stereocenters. The Morgan fingerprint density at radius 3 is 2.77 bits per heavy atom. The van der Waals surface area contributed by atoms with Crippen LogP contribution < -0.4 is 5.32 Å². The van der Waals surface area contributed by atoms with Crippen molar-refractivity contribution in [3.8, 4) is 0 Å². The van der Waals surface area contributed by atoms with Crippen LogP contribution in [0, 0.1) is 19.8 Å². The van der Waals surface area contributed by atoms with E-state index in [4.69, 9.17) is 4.74 Å². The number of thiazole rings is 1. The number of carbonyl (C=O) groups is 1. The normalized spacial score (nSPS) is 17.4. The first-order valence-corrected chi connectivity index (χ1v) is 9.21. The number of hydrogen-bond acceptors (Lipinski definition) is 5. The van der Waals surface area contributed by atoms with Gasteiger partial charge >= 0.3 is 0 Å². The molecule has 4 nitrogen and oxygen atoms in total. The van der Waals surface area contributed by atoms with Crippen molar-refractivity contribution < 1.29 is 9.53 Å². The summed E-state index contributed by atoms with van der Waals surface area (Å²) in [5.74, 6) is 0.429. The molecule has 118 valence electrons. The summed E-state index contributed by atoms with van der Waals surface area (Å²) < 4.78 is 5.46. The van der Waals surface area contributed by atoms with Crippen molar-refractivity contribution in [3.63, 3.8) is 0 Å². The number of rotatable bonds is 4. The molecular formula is C16H20N2O2S2. The fourth-order valence-corrected chi connectivity index (χ4v) is 4.58. The maximum absolute atomic E-state index is 12.7.